The summed E-state index contributed by atoms with van der Waals surface area (Å²) in [5, 5.41) is 5.39. The molecule has 0 saturated carbocycles. The number of anilines is 1. The second-order valence-electron chi connectivity index (χ2n) is 7.65. The van der Waals surface area contributed by atoms with Gasteiger partial charge in [-0.25, -0.2) is 19.0 Å². The molecule has 31 heavy (non-hydrogen) atoms. The number of nitrogens with two attached hydrogens (primary N) is 1. The van der Waals surface area contributed by atoms with E-state index in [1.807, 2.05) is 16.8 Å². The molecule has 0 spiro atoms. The fourth-order valence-electron chi connectivity index (χ4n) is 4.38. The summed E-state index contributed by atoms with van der Waals surface area (Å²) in [7, 11) is 0. The Kier molecular flexibility index (Phi) is 4.58. The van der Waals surface area contributed by atoms with Gasteiger partial charge in [0.25, 0.3) is 0 Å². The predicted molar refractivity (Wildman–Crippen MR) is 117 cm³/mol. The van der Waals surface area contributed by atoms with E-state index in [0.29, 0.717) is 22.3 Å². The minimum Gasteiger partial charge on any atom is -0.383 e. The Morgan fingerprint density at radius 1 is 1.23 bits per heavy atom. The van der Waals surface area contributed by atoms with Crippen LogP contribution < -0.4 is 5.73 Å². The lowest BCUT2D eigenvalue weighted by Crippen LogP contribution is -2.18. The van der Waals surface area contributed by atoms with Crippen LogP contribution in [0, 0.1) is 5.82 Å². The Labute approximate surface area is 178 Å². The first-order valence-electron chi connectivity index (χ1n) is 10.1. The molecule has 2 N–H and O–H groups in total. The largest absolute Gasteiger partial charge is 0.383 e. The van der Waals surface area contributed by atoms with Crippen molar-refractivity contribution < 1.29 is 9.18 Å². The van der Waals surface area contributed by atoms with Crippen LogP contribution in [0.1, 0.15) is 40.4 Å². The van der Waals surface area contributed by atoms with Crippen molar-refractivity contribution in [1.29, 1.82) is 0 Å². The summed E-state index contributed by atoms with van der Waals surface area (Å²) < 4.78 is 16.2. The van der Waals surface area contributed by atoms with Crippen LogP contribution in [0.2, 0.25) is 0 Å². The number of rotatable bonds is 4. The maximum Gasteiger partial charge on any atom is 0.185 e. The first kappa shape index (κ1) is 19.1. The molecule has 5 rings (SSSR count). The molecule has 1 aliphatic carbocycles. The Morgan fingerprint density at radius 2 is 2.06 bits per heavy atom. The number of carbonyl (C=O) groups excluding carboxylic acids is 1. The number of fused-ring (bicyclic) bond motifs is 2. The molecule has 154 valence electrons. The number of benzene rings is 2. The number of hydrogen-bond acceptors (Lipinski definition) is 5. The molecule has 0 fully saturated rings. The van der Waals surface area contributed by atoms with Crippen LogP contribution in [0.25, 0.3) is 22.3 Å². The molecule has 4 aromatic rings. The first-order valence-corrected chi connectivity index (χ1v) is 10.1. The minimum atomic E-state index is -0.538. The third-order valence-corrected chi connectivity index (χ3v) is 5.79. The number of halogens is 1. The van der Waals surface area contributed by atoms with Gasteiger partial charge >= 0.3 is 0 Å². The van der Waals surface area contributed by atoms with Gasteiger partial charge in [-0.1, -0.05) is 30.8 Å². The summed E-state index contributed by atoms with van der Waals surface area (Å²) in [6.45, 7) is 3.49. The van der Waals surface area contributed by atoms with Gasteiger partial charge in [0.15, 0.2) is 11.4 Å². The first-order chi connectivity index (χ1) is 15.1. The molecule has 2 aromatic carbocycles. The molecular weight excluding hydrogens is 393 g/mol. The van der Waals surface area contributed by atoms with Crippen LogP contribution in [0.5, 0.6) is 0 Å². The van der Waals surface area contributed by atoms with Crippen LogP contribution in [-0.2, 0) is 6.42 Å². The molecule has 1 unspecified atom stereocenters. The van der Waals surface area contributed by atoms with E-state index >= 15 is 0 Å². The topological polar surface area (TPSA) is 86.7 Å². The minimum absolute atomic E-state index is 0.0154. The average Bonchev–Trinajstić information content (AvgIpc) is 3.18. The quantitative estimate of drug-likeness (QED) is 0.393. The molecule has 1 aliphatic rings. The predicted octanol–water partition coefficient (Wildman–Crippen LogP) is 4.51. The normalized spacial score (nSPS) is 15.6. The number of allylic oxidation sites excluding steroid dienone is 1. The van der Waals surface area contributed by atoms with E-state index in [-0.39, 0.29) is 23.2 Å². The molecule has 0 amide bonds. The fourth-order valence-corrected chi connectivity index (χ4v) is 4.38. The third-order valence-electron chi connectivity index (χ3n) is 5.79. The molecule has 1 atom stereocenters. The number of nitrogen functional groups attached to an aromatic ring is 1. The van der Waals surface area contributed by atoms with Gasteiger partial charge in [0.2, 0.25) is 0 Å². The highest BCUT2D eigenvalue weighted by Crippen LogP contribution is 2.38. The zero-order valence-corrected chi connectivity index (χ0v) is 16.8. The van der Waals surface area contributed by atoms with Crippen LogP contribution in [-0.4, -0.2) is 25.5 Å². The van der Waals surface area contributed by atoms with Crippen molar-refractivity contribution in [3.05, 3.63) is 84.0 Å². The summed E-state index contributed by atoms with van der Waals surface area (Å²) in [4.78, 5) is 20.7. The van der Waals surface area contributed by atoms with Gasteiger partial charge in [0.1, 0.15) is 23.7 Å². The summed E-state index contributed by atoms with van der Waals surface area (Å²) in [6.07, 6.45) is 5.52. The van der Waals surface area contributed by atoms with Crippen molar-refractivity contribution >= 4 is 22.6 Å². The number of aromatic nitrogens is 4. The van der Waals surface area contributed by atoms with Gasteiger partial charge in [-0.2, -0.15) is 5.10 Å². The molecule has 6 nitrogen and oxygen atoms in total. The van der Waals surface area contributed by atoms with Crippen molar-refractivity contribution in [2.45, 2.75) is 25.3 Å². The Morgan fingerprint density at radius 3 is 2.90 bits per heavy atom. The fraction of sp³-hybridized carbons (Fsp3) is 0.167. The monoisotopic (exact) mass is 413 g/mol. The molecule has 0 saturated heterocycles. The van der Waals surface area contributed by atoms with Gasteiger partial charge in [0.05, 0.1) is 11.4 Å². The second kappa shape index (κ2) is 7.43. The SMILES string of the molecule is C=CC(=O)c1cc(F)cc(-c2nn(C3CCCc4ccccc43)c3ncnc(N)c23)c1. The van der Waals surface area contributed by atoms with Crippen molar-refractivity contribution in [3.8, 4) is 11.3 Å². The van der Waals surface area contributed by atoms with Crippen molar-refractivity contribution in [2.75, 3.05) is 5.73 Å². The maximum atomic E-state index is 14.4. The van der Waals surface area contributed by atoms with E-state index in [0.717, 1.165) is 25.3 Å². The van der Waals surface area contributed by atoms with Gasteiger partial charge in [-0.3, -0.25) is 4.79 Å². The molecule has 0 bridgehead atoms. The van der Waals surface area contributed by atoms with Crippen LogP contribution in [0.15, 0.2) is 61.4 Å². The lowest BCUT2D eigenvalue weighted by atomic mass is 9.88. The van der Waals surface area contributed by atoms with Crippen molar-refractivity contribution in [1.82, 2.24) is 19.7 Å². The second-order valence-corrected chi connectivity index (χ2v) is 7.65. The van der Waals surface area contributed by atoms with Crippen LogP contribution >= 0.6 is 0 Å². The van der Waals surface area contributed by atoms with Gasteiger partial charge in [-0.05, 0) is 54.7 Å². The van der Waals surface area contributed by atoms with Gasteiger partial charge in [-0.15, -0.1) is 0 Å². The lowest BCUT2D eigenvalue weighted by Gasteiger charge is -2.26. The highest BCUT2D eigenvalue weighted by molar-refractivity contribution is 6.06. The van der Waals surface area contributed by atoms with Crippen molar-refractivity contribution in [2.24, 2.45) is 0 Å². The number of carbonyl (C=O) groups is 1. The van der Waals surface area contributed by atoms with Gasteiger partial charge < -0.3 is 5.73 Å². The van der Waals surface area contributed by atoms with E-state index in [9.17, 15) is 9.18 Å². The zero-order valence-electron chi connectivity index (χ0n) is 16.8. The van der Waals surface area contributed by atoms with E-state index in [1.54, 1.807) is 6.07 Å². The highest BCUT2D eigenvalue weighted by atomic mass is 19.1. The standard InChI is InChI=1S/C24H20FN5O/c1-2-20(31)15-10-16(12-17(25)11-15)22-21-23(26)27-13-28-24(21)30(29-22)19-9-5-7-14-6-3-4-8-18(14)19/h2-4,6,8,10-13,19H,1,5,7,9H2,(H2,26,27,28). The number of aryl methyl sites for hydroxylation is 1. The van der Waals surface area contributed by atoms with E-state index in [2.05, 4.69) is 28.7 Å². The molecule has 7 heteroatoms. The summed E-state index contributed by atoms with van der Waals surface area (Å²) in [5.41, 5.74) is 10.4. The summed E-state index contributed by atoms with van der Waals surface area (Å²) >= 11 is 0. The molecule has 2 aromatic heterocycles. The highest BCUT2D eigenvalue weighted by Gasteiger charge is 2.27. The Bertz CT molecular complexity index is 1340. The van der Waals surface area contributed by atoms with E-state index in [4.69, 9.17) is 10.8 Å². The lowest BCUT2D eigenvalue weighted by molar-refractivity contribution is 0.104. The van der Waals surface area contributed by atoms with Crippen LogP contribution in [0.4, 0.5) is 10.2 Å². The Hall–Kier alpha value is -3.87. The molecule has 0 radical (unpaired) electrons. The van der Waals surface area contributed by atoms with Crippen LogP contribution in [0.3, 0.4) is 0 Å². The van der Waals surface area contributed by atoms with E-state index < -0.39 is 5.82 Å². The molecular formula is C24H20FN5O. The summed E-state index contributed by atoms with van der Waals surface area (Å²) in [5.74, 6) is -0.644. The van der Waals surface area contributed by atoms with Crippen molar-refractivity contribution in [3.63, 3.8) is 0 Å². The van der Waals surface area contributed by atoms with Gasteiger partial charge in [0, 0.05) is 11.1 Å². The molecule has 0 aliphatic heterocycles. The third kappa shape index (κ3) is 3.18. The number of hydrogen-bond donors (Lipinski definition) is 1. The average molecular weight is 413 g/mol. The summed E-state index contributed by atoms with van der Waals surface area (Å²) in [6, 6.07) is 12.4. The number of ketones is 1. The van der Waals surface area contributed by atoms with E-state index in [1.165, 1.54) is 29.6 Å². The maximum absolute atomic E-state index is 14.4. The Balaban J connectivity index is 1.75. The zero-order chi connectivity index (χ0) is 21.5. The molecule has 2 heterocycles. The number of nitrogens with zero attached hydrogens (tertiary/aromatic N) is 4. The smallest absolute Gasteiger partial charge is 0.185 e.